The van der Waals surface area contributed by atoms with E-state index in [0.717, 1.165) is 28.7 Å². The maximum Gasteiger partial charge on any atom is 0.248 e. The average Bonchev–Trinajstić information content (AvgIpc) is 3.14. The van der Waals surface area contributed by atoms with Gasteiger partial charge in [-0.3, -0.25) is 9.52 Å². The third-order valence-electron chi connectivity index (χ3n) is 6.79. The number of halogens is 1. The van der Waals surface area contributed by atoms with Gasteiger partial charge in [0.15, 0.2) is 0 Å². The highest BCUT2D eigenvalue weighted by Gasteiger charge is 2.22. The van der Waals surface area contributed by atoms with Crippen molar-refractivity contribution in [3.05, 3.63) is 65.6 Å². The molecular weight excluding hydrogens is 453 g/mol. The second-order valence-corrected chi connectivity index (χ2v) is 11.1. The molecule has 0 saturated heterocycles. The predicted molar refractivity (Wildman–Crippen MR) is 134 cm³/mol. The Morgan fingerprint density at radius 3 is 2.79 bits per heavy atom. The Balaban J connectivity index is 1.39. The van der Waals surface area contributed by atoms with Gasteiger partial charge in [-0.1, -0.05) is 25.3 Å². The molecule has 6 nitrogen and oxygen atoms in total. The molecule has 0 bridgehead atoms. The van der Waals surface area contributed by atoms with Crippen molar-refractivity contribution in [2.24, 2.45) is 5.92 Å². The maximum absolute atomic E-state index is 13.8. The van der Waals surface area contributed by atoms with Crippen LogP contribution in [0.4, 0.5) is 15.8 Å². The molecule has 8 heteroatoms. The summed E-state index contributed by atoms with van der Waals surface area (Å²) in [5.41, 5.74) is 3.71. The van der Waals surface area contributed by atoms with Crippen LogP contribution in [0.1, 0.15) is 43.4 Å². The van der Waals surface area contributed by atoms with Crippen molar-refractivity contribution in [1.82, 2.24) is 4.57 Å². The molecule has 34 heavy (non-hydrogen) atoms. The van der Waals surface area contributed by atoms with Gasteiger partial charge in [0.25, 0.3) is 0 Å². The number of sulfonamides is 1. The van der Waals surface area contributed by atoms with E-state index in [1.807, 2.05) is 12.1 Å². The van der Waals surface area contributed by atoms with Gasteiger partial charge in [0.05, 0.1) is 11.4 Å². The van der Waals surface area contributed by atoms with E-state index in [0.29, 0.717) is 23.7 Å². The number of rotatable bonds is 5. The van der Waals surface area contributed by atoms with E-state index in [4.69, 9.17) is 0 Å². The number of carbonyl (C=O) groups is 1. The third kappa shape index (κ3) is 4.87. The fourth-order valence-corrected chi connectivity index (χ4v) is 6.19. The van der Waals surface area contributed by atoms with E-state index in [-0.39, 0.29) is 17.5 Å². The number of nitrogens with one attached hydrogen (secondary N) is 2. The predicted octanol–water partition coefficient (Wildman–Crippen LogP) is 5.31. The summed E-state index contributed by atoms with van der Waals surface area (Å²) in [6.45, 7) is 0.850. The van der Waals surface area contributed by atoms with Crippen molar-refractivity contribution in [2.45, 2.75) is 45.1 Å². The number of anilines is 2. The number of hydrogen-bond acceptors (Lipinski definition) is 3. The van der Waals surface area contributed by atoms with Crippen LogP contribution in [-0.4, -0.2) is 24.6 Å². The van der Waals surface area contributed by atoms with Gasteiger partial charge >= 0.3 is 0 Å². The molecule has 1 aliphatic carbocycles. The molecule has 3 aromatic rings. The molecule has 0 unspecified atom stereocenters. The zero-order chi connectivity index (χ0) is 23.7. The lowest BCUT2D eigenvalue weighted by Gasteiger charge is -2.23. The van der Waals surface area contributed by atoms with Crippen molar-refractivity contribution in [3.63, 3.8) is 0 Å². The Labute approximate surface area is 198 Å². The smallest absolute Gasteiger partial charge is 0.248 e. The molecule has 2 heterocycles. The highest BCUT2D eigenvalue weighted by atomic mass is 32.2. The van der Waals surface area contributed by atoms with Crippen molar-refractivity contribution >= 4 is 44.3 Å². The number of amides is 1. The van der Waals surface area contributed by atoms with E-state index in [1.165, 1.54) is 50.3 Å². The molecule has 1 aliphatic heterocycles. The lowest BCUT2D eigenvalue weighted by molar-refractivity contribution is -0.111. The van der Waals surface area contributed by atoms with Crippen molar-refractivity contribution in [3.8, 4) is 0 Å². The number of fused-ring (bicyclic) bond motifs is 2. The monoisotopic (exact) mass is 481 g/mol. The first-order chi connectivity index (χ1) is 16.4. The summed E-state index contributed by atoms with van der Waals surface area (Å²) in [7, 11) is -3.33. The van der Waals surface area contributed by atoms with Gasteiger partial charge in [0, 0.05) is 40.5 Å². The van der Waals surface area contributed by atoms with Crippen molar-refractivity contribution < 1.29 is 17.6 Å². The topological polar surface area (TPSA) is 80.2 Å². The molecule has 2 aliphatic rings. The second kappa shape index (κ2) is 9.25. The number of carbonyl (C=O) groups excluding carboxylic acids is 1. The lowest BCUT2D eigenvalue weighted by Crippen LogP contribution is -2.25. The first-order valence-electron chi connectivity index (χ1n) is 11.8. The summed E-state index contributed by atoms with van der Waals surface area (Å²) >= 11 is 0. The fourth-order valence-electron chi connectivity index (χ4n) is 5.09. The summed E-state index contributed by atoms with van der Waals surface area (Å²) in [5, 5.41) is 3.70. The van der Waals surface area contributed by atoms with E-state index in [1.54, 1.807) is 24.3 Å². The van der Waals surface area contributed by atoms with Crippen LogP contribution in [0.2, 0.25) is 0 Å². The van der Waals surface area contributed by atoms with E-state index in [2.05, 4.69) is 14.6 Å². The second-order valence-electron chi connectivity index (χ2n) is 9.21. The summed E-state index contributed by atoms with van der Waals surface area (Å²) in [6, 6.07) is 11.9. The Bertz CT molecular complexity index is 1370. The Morgan fingerprint density at radius 1 is 1.15 bits per heavy atom. The number of hydrogen-bond donors (Lipinski definition) is 2. The SMILES string of the molecule is O=C(/C=C/c1cc2cc(F)ccc2n1CC1CCCCC1)Nc1cccc2c1CCS(=O)(=O)N2. The summed E-state index contributed by atoms with van der Waals surface area (Å²) in [5.74, 6) is -0.0156. The Hall–Kier alpha value is -3.13. The standard InChI is InChI=1S/C26H28FN3O3S/c27-20-9-11-25-19(15-20)16-21(30(25)17-18-5-2-1-3-6-18)10-12-26(31)28-23-7-4-8-24-22(23)13-14-34(32,33)29-24/h4,7-12,15-16,18,29H,1-3,5-6,13-14,17H2,(H,28,31)/b12-10+. The minimum atomic E-state index is -3.33. The molecule has 1 aromatic heterocycles. The van der Waals surface area contributed by atoms with Crippen LogP contribution in [0.5, 0.6) is 0 Å². The van der Waals surface area contributed by atoms with E-state index < -0.39 is 10.0 Å². The quantitative estimate of drug-likeness (QED) is 0.485. The van der Waals surface area contributed by atoms with Crippen LogP contribution in [0.3, 0.4) is 0 Å². The van der Waals surface area contributed by atoms with E-state index >= 15 is 0 Å². The maximum atomic E-state index is 13.8. The molecule has 1 fully saturated rings. The van der Waals surface area contributed by atoms with Crippen molar-refractivity contribution in [1.29, 1.82) is 0 Å². The zero-order valence-electron chi connectivity index (χ0n) is 18.9. The number of aromatic nitrogens is 1. The highest BCUT2D eigenvalue weighted by molar-refractivity contribution is 7.92. The largest absolute Gasteiger partial charge is 0.341 e. The molecule has 2 aromatic carbocycles. The first kappa shape index (κ1) is 22.7. The first-order valence-corrected chi connectivity index (χ1v) is 13.4. The van der Waals surface area contributed by atoms with E-state index in [9.17, 15) is 17.6 Å². The van der Waals surface area contributed by atoms with Crippen LogP contribution < -0.4 is 10.0 Å². The third-order valence-corrected chi connectivity index (χ3v) is 8.06. The molecule has 2 N–H and O–H groups in total. The molecule has 178 valence electrons. The lowest BCUT2D eigenvalue weighted by atomic mass is 9.89. The highest BCUT2D eigenvalue weighted by Crippen LogP contribution is 2.31. The average molecular weight is 482 g/mol. The molecule has 0 radical (unpaired) electrons. The van der Waals surface area contributed by atoms with Crippen LogP contribution in [0.25, 0.3) is 17.0 Å². The van der Waals surface area contributed by atoms with Crippen molar-refractivity contribution in [2.75, 3.05) is 15.8 Å². The van der Waals surface area contributed by atoms with Gasteiger partial charge in [0.2, 0.25) is 15.9 Å². The van der Waals surface area contributed by atoms with Gasteiger partial charge in [-0.25, -0.2) is 12.8 Å². The molecule has 5 rings (SSSR count). The van der Waals surface area contributed by atoms with Gasteiger partial charge in [-0.05, 0) is 67.7 Å². The van der Waals surface area contributed by atoms with Crippen LogP contribution in [0.15, 0.2) is 48.5 Å². The minimum absolute atomic E-state index is 0.0133. The van der Waals surface area contributed by atoms with Gasteiger partial charge in [0.1, 0.15) is 5.82 Å². The van der Waals surface area contributed by atoms with Crippen LogP contribution in [-0.2, 0) is 27.8 Å². The summed E-state index contributed by atoms with van der Waals surface area (Å²) in [6.07, 6.45) is 9.73. The molecule has 0 spiro atoms. The summed E-state index contributed by atoms with van der Waals surface area (Å²) in [4.78, 5) is 12.8. The Kier molecular flexibility index (Phi) is 6.16. The molecule has 1 amide bonds. The van der Waals surface area contributed by atoms with Gasteiger partial charge in [-0.2, -0.15) is 0 Å². The van der Waals surface area contributed by atoms with Crippen LogP contribution >= 0.6 is 0 Å². The minimum Gasteiger partial charge on any atom is -0.341 e. The summed E-state index contributed by atoms with van der Waals surface area (Å²) < 4.78 is 42.3. The van der Waals surface area contributed by atoms with Crippen LogP contribution in [0, 0.1) is 11.7 Å². The number of benzene rings is 2. The Morgan fingerprint density at radius 2 is 1.97 bits per heavy atom. The zero-order valence-corrected chi connectivity index (χ0v) is 19.7. The number of nitrogens with zero attached hydrogens (tertiary/aromatic N) is 1. The normalized spacial score (nSPS) is 18.0. The molecule has 0 atom stereocenters. The van der Waals surface area contributed by atoms with Gasteiger partial charge < -0.3 is 9.88 Å². The fraction of sp³-hybridized carbons (Fsp3) is 0.346. The molecule has 1 saturated carbocycles. The molecular formula is C26H28FN3O3S. The van der Waals surface area contributed by atoms with Gasteiger partial charge in [-0.15, -0.1) is 0 Å².